The smallest absolute Gasteiger partial charge is 0.245 e. The summed E-state index contributed by atoms with van der Waals surface area (Å²) in [5, 5.41) is 30.1. The minimum absolute atomic E-state index is 0.0187. The second-order valence-corrected chi connectivity index (χ2v) is 2.83. The van der Waals surface area contributed by atoms with Gasteiger partial charge < -0.3 is 20.6 Å². The fraction of sp³-hybridized carbons (Fsp3) is 0.100. The van der Waals surface area contributed by atoms with Crippen molar-refractivity contribution in [2.45, 2.75) is 6.23 Å². The number of carbonyl (C=O) groups is 1. The molecule has 0 saturated heterocycles. The van der Waals surface area contributed by atoms with Crippen LogP contribution in [0.2, 0.25) is 0 Å². The zero-order valence-electron chi connectivity index (χ0n) is 7.84. The van der Waals surface area contributed by atoms with E-state index < -0.39 is 17.9 Å². The van der Waals surface area contributed by atoms with Gasteiger partial charge in [0.15, 0.2) is 17.7 Å². The Balaban J connectivity index is 2.91. The molecule has 0 bridgehead atoms. The van der Waals surface area contributed by atoms with Crippen molar-refractivity contribution >= 4 is 5.91 Å². The number of aliphatic hydroxyl groups excluding tert-OH is 1. The molecule has 1 atom stereocenters. The van der Waals surface area contributed by atoms with Crippen LogP contribution < -0.4 is 5.32 Å². The van der Waals surface area contributed by atoms with Gasteiger partial charge in [-0.15, -0.1) is 0 Å². The van der Waals surface area contributed by atoms with Crippen molar-refractivity contribution in [1.82, 2.24) is 5.32 Å². The van der Waals surface area contributed by atoms with Crippen LogP contribution in [0.15, 0.2) is 30.9 Å². The Bertz CT molecular complexity index is 389. The highest BCUT2D eigenvalue weighted by Crippen LogP contribution is 2.31. The van der Waals surface area contributed by atoms with Crippen molar-refractivity contribution in [3.8, 4) is 11.5 Å². The highest BCUT2D eigenvalue weighted by Gasteiger charge is 2.15. The molecule has 1 aromatic carbocycles. The quantitative estimate of drug-likeness (QED) is 0.329. The third-order valence-electron chi connectivity index (χ3n) is 1.80. The number of carbonyl (C=O) groups excluding carboxylic acids is 1. The van der Waals surface area contributed by atoms with Gasteiger partial charge in [-0.05, 0) is 12.1 Å². The Hall–Kier alpha value is -2.01. The summed E-state index contributed by atoms with van der Waals surface area (Å²) in [5.41, 5.74) is 0.0187. The zero-order valence-corrected chi connectivity index (χ0v) is 7.84. The summed E-state index contributed by atoms with van der Waals surface area (Å²) >= 11 is 0. The number of nitrogens with one attached hydrogen (secondary N) is 1. The van der Waals surface area contributed by atoms with E-state index in [2.05, 4.69) is 11.9 Å². The first-order valence-corrected chi connectivity index (χ1v) is 4.18. The maximum Gasteiger partial charge on any atom is 0.245 e. The molecule has 1 amide bonds. The lowest BCUT2D eigenvalue weighted by molar-refractivity contribution is -0.119. The molecular formula is C10H11NO4. The second-order valence-electron chi connectivity index (χ2n) is 2.83. The van der Waals surface area contributed by atoms with Gasteiger partial charge in [-0.2, -0.15) is 0 Å². The number of aliphatic hydroxyl groups is 1. The summed E-state index contributed by atoms with van der Waals surface area (Å²) in [6, 6.07) is 4.08. The van der Waals surface area contributed by atoms with Crippen LogP contribution in [0.3, 0.4) is 0 Å². The fourth-order valence-electron chi connectivity index (χ4n) is 1.04. The molecule has 0 aromatic heterocycles. The molecule has 0 aliphatic heterocycles. The Morgan fingerprint density at radius 1 is 1.47 bits per heavy atom. The van der Waals surface area contributed by atoms with Gasteiger partial charge in [-0.1, -0.05) is 18.7 Å². The van der Waals surface area contributed by atoms with Gasteiger partial charge in [-0.25, -0.2) is 0 Å². The first-order valence-electron chi connectivity index (χ1n) is 4.18. The number of phenols is 2. The van der Waals surface area contributed by atoms with E-state index in [9.17, 15) is 15.0 Å². The molecular weight excluding hydrogens is 198 g/mol. The molecule has 4 N–H and O–H groups in total. The number of benzene rings is 1. The molecule has 5 nitrogen and oxygen atoms in total. The first-order chi connectivity index (χ1) is 7.06. The topological polar surface area (TPSA) is 89.8 Å². The molecule has 0 heterocycles. The van der Waals surface area contributed by atoms with Crippen molar-refractivity contribution in [3.05, 3.63) is 36.4 Å². The third-order valence-corrected chi connectivity index (χ3v) is 1.80. The Morgan fingerprint density at radius 2 is 2.13 bits per heavy atom. The lowest BCUT2D eigenvalue weighted by Crippen LogP contribution is -2.26. The molecule has 1 unspecified atom stereocenters. The van der Waals surface area contributed by atoms with E-state index in [4.69, 9.17) is 5.11 Å². The molecule has 80 valence electrons. The van der Waals surface area contributed by atoms with E-state index in [1.165, 1.54) is 18.2 Å². The molecule has 0 saturated carbocycles. The average Bonchev–Trinajstić information content (AvgIpc) is 2.21. The predicted octanol–water partition coefficient (Wildman–Crippen LogP) is 0.391. The summed E-state index contributed by atoms with van der Waals surface area (Å²) in [4.78, 5) is 10.9. The van der Waals surface area contributed by atoms with Gasteiger partial charge in [0, 0.05) is 5.56 Å². The van der Waals surface area contributed by atoms with Crippen LogP contribution >= 0.6 is 0 Å². The number of aromatic hydroxyl groups is 2. The van der Waals surface area contributed by atoms with Crippen molar-refractivity contribution in [2.75, 3.05) is 0 Å². The van der Waals surface area contributed by atoms with Crippen molar-refractivity contribution < 1.29 is 20.1 Å². The number of rotatable bonds is 3. The number of phenolic OH excluding ortho intramolecular Hbond substituents is 2. The van der Waals surface area contributed by atoms with Crippen LogP contribution in [0.1, 0.15) is 11.8 Å². The Kier molecular flexibility index (Phi) is 3.30. The maximum absolute atomic E-state index is 10.9. The number of hydrogen-bond acceptors (Lipinski definition) is 4. The van der Waals surface area contributed by atoms with Crippen molar-refractivity contribution in [1.29, 1.82) is 0 Å². The first kappa shape index (κ1) is 11.1. The molecule has 1 rings (SSSR count). The lowest BCUT2D eigenvalue weighted by Gasteiger charge is -2.13. The van der Waals surface area contributed by atoms with Crippen LogP contribution in [-0.2, 0) is 4.79 Å². The number of hydrogen-bond donors (Lipinski definition) is 4. The molecule has 0 fully saturated rings. The summed E-state index contributed by atoms with van der Waals surface area (Å²) in [5.74, 6) is -1.40. The molecule has 1 aromatic rings. The maximum atomic E-state index is 10.9. The predicted molar refractivity (Wildman–Crippen MR) is 53.1 cm³/mol. The second kappa shape index (κ2) is 4.47. The number of para-hydroxylation sites is 1. The summed E-state index contributed by atoms with van der Waals surface area (Å²) in [7, 11) is 0. The fourth-order valence-corrected chi connectivity index (χ4v) is 1.04. The minimum atomic E-state index is -1.39. The molecule has 0 aliphatic carbocycles. The van der Waals surface area contributed by atoms with E-state index in [-0.39, 0.29) is 11.3 Å². The summed E-state index contributed by atoms with van der Waals surface area (Å²) < 4.78 is 0. The zero-order chi connectivity index (χ0) is 11.4. The van der Waals surface area contributed by atoms with Gasteiger partial charge in [0.2, 0.25) is 5.91 Å². The third kappa shape index (κ3) is 2.47. The standard InChI is InChI=1S/C10H11NO4/c1-2-8(13)11-10(15)6-4-3-5-7(12)9(6)14/h2-5,10,12,14-15H,1H2,(H,11,13). The molecule has 0 aliphatic rings. The summed E-state index contributed by atoms with van der Waals surface area (Å²) in [6.45, 7) is 3.21. The normalized spacial score (nSPS) is 11.8. The van der Waals surface area contributed by atoms with Crippen LogP contribution in [0, 0.1) is 0 Å². The van der Waals surface area contributed by atoms with Crippen molar-refractivity contribution in [2.24, 2.45) is 0 Å². The van der Waals surface area contributed by atoms with Gasteiger partial charge in [0.25, 0.3) is 0 Å². The van der Waals surface area contributed by atoms with Crippen LogP contribution in [0.25, 0.3) is 0 Å². The van der Waals surface area contributed by atoms with Crippen molar-refractivity contribution in [3.63, 3.8) is 0 Å². The van der Waals surface area contributed by atoms with E-state index in [0.29, 0.717) is 0 Å². The average molecular weight is 209 g/mol. The Labute approximate surface area is 86.3 Å². The van der Waals surface area contributed by atoms with Crippen LogP contribution in [-0.4, -0.2) is 21.2 Å². The van der Waals surface area contributed by atoms with E-state index in [1.54, 1.807) is 0 Å². The molecule has 5 heteroatoms. The molecule has 0 radical (unpaired) electrons. The van der Waals surface area contributed by atoms with Crippen LogP contribution in [0.4, 0.5) is 0 Å². The largest absolute Gasteiger partial charge is 0.504 e. The van der Waals surface area contributed by atoms with Gasteiger partial charge >= 0.3 is 0 Å². The SMILES string of the molecule is C=CC(=O)NC(O)c1cccc(O)c1O. The monoisotopic (exact) mass is 209 g/mol. The minimum Gasteiger partial charge on any atom is -0.504 e. The lowest BCUT2D eigenvalue weighted by atomic mass is 10.1. The highest BCUT2D eigenvalue weighted by atomic mass is 16.3. The van der Waals surface area contributed by atoms with Gasteiger partial charge in [-0.3, -0.25) is 4.79 Å². The van der Waals surface area contributed by atoms with E-state index >= 15 is 0 Å². The van der Waals surface area contributed by atoms with E-state index in [0.717, 1.165) is 6.08 Å². The summed E-state index contributed by atoms with van der Waals surface area (Å²) in [6.07, 6.45) is -0.397. The van der Waals surface area contributed by atoms with Gasteiger partial charge in [0.05, 0.1) is 0 Å². The number of amides is 1. The van der Waals surface area contributed by atoms with Crippen LogP contribution in [0.5, 0.6) is 11.5 Å². The van der Waals surface area contributed by atoms with Gasteiger partial charge in [0.1, 0.15) is 0 Å². The Morgan fingerprint density at radius 3 is 2.73 bits per heavy atom. The molecule has 0 spiro atoms. The van der Waals surface area contributed by atoms with E-state index in [1.807, 2.05) is 0 Å². The highest BCUT2D eigenvalue weighted by molar-refractivity contribution is 5.87. The molecule has 15 heavy (non-hydrogen) atoms.